The topological polar surface area (TPSA) is 42.0 Å². The van der Waals surface area contributed by atoms with Gasteiger partial charge in [0.1, 0.15) is 0 Å². The van der Waals surface area contributed by atoms with Crippen molar-refractivity contribution in [3.05, 3.63) is 65.9 Å². The maximum Gasteiger partial charge on any atom is 0.224 e. The molecule has 3 heteroatoms. The predicted molar refractivity (Wildman–Crippen MR) is 98.9 cm³/mol. The number of amides is 1. The second kappa shape index (κ2) is 7.26. The Bertz CT molecular complexity index is 856. The summed E-state index contributed by atoms with van der Waals surface area (Å²) < 4.78 is 0. The van der Waals surface area contributed by atoms with E-state index in [0.717, 1.165) is 39.7 Å². The van der Waals surface area contributed by atoms with E-state index < -0.39 is 0 Å². The summed E-state index contributed by atoms with van der Waals surface area (Å²) in [6.07, 6.45) is 1.29. The first-order valence-electron chi connectivity index (χ1n) is 8.41. The van der Waals surface area contributed by atoms with Crippen LogP contribution in [0.3, 0.4) is 0 Å². The Morgan fingerprint density at radius 1 is 1.04 bits per heavy atom. The maximum absolute atomic E-state index is 12.3. The Kier molecular flexibility index (Phi) is 4.90. The maximum atomic E-state index is 12.3. The molecule has 1 aromatic heterocycles. The highest BCUT2D eigenvalue weighted by Crippen LogP contribution is 2.33. The fourth-order valence-corrected chi connectivity index (χ4v) is 3.01. The molecule has 0 aliphatic carbocycles. The van der Waals surface area contributed by atoms with Crippen molar-refractivity contribution in [2.24, 2.45) is 0 Å². The van der Waals surface area contributed by atoms with Crippen molar-refractivity contribution in [1.29, 1.82) is 0 Å². The number of aryl methyl sites for hydroxylation is 1. The lowest BCUT2D eigenvalue weighted by molar-refractivity contribution is -0.120. The largest absolute Gasteiger partial charge is 0.356 e. The number of rotatable bonds is 5. The highest BCUT2D eigenvalue weighted by Gasteiger charge is 2.16. The summed E-state index contributed by atoms with van der Waals surface area (Å²) in [5, 5.41) is 4.06. The van der Waals surface area contributed by atoms with Gasteiger partial charge < -0.3 is 5.32 Å². The van der Waals surface area contributed by atoms with Gasteiger partial charge in [0.05, 0.1) is 11.9 Å². The predicted octanol–water partition coefficient (Wildman–Crippen LogP) is 4.28. The first-order valence-corrected chi connectivity index (χ1v) is 8.41. The fourth-order valence-electron chi connectivity index (χ4n) is 3.01. The molecule has 1 heterocycles. The normalized spacial score (nSPS) is 10.8. The standard InChI is InChI=1S/C21H22N2O/c1-3-13-22-20(24)14-18-15(2)23-19-12-8-7-11-17(19)21(18)16-9-5-4-6-10-16/h4-12H,3,13-14H2,1-2H3,(H,22,24). The van der Waals surface area contributed by atoms with Gasteiger partial charge in [-0.3, -0.25) is 9.78 Å². The van der Waals surface area contributed by atoms with Crippen LogP contribution in [0.2, 0.25) is 0 Å². The molecule has 1 N–H and O–H groups in total. The fraction of sp³-hybridized carbons (Fsp3) is 0.238. The zero-order chi connectivity index (χ0) is 16.9. The molecule has 1 amide bonds. The molecular weight excluding hydrogens is 296 g/mol. The molecule has 0 fully saturated rings. The number of fused-ring (bicyclic) bond motifs is 1. The number of aromatic nitrogens is 1. The molecule has 0 atom stereocenters. The van der Waals surface area contributed by atoms with Gasteiger partial charge in [0.15, 0.2) is 0 Å². The Morgan fingerprint density at radius 3 is 2.50 bits per heavy atom. The van der Waals surface area contributed by atoms with E-state index in [2.05, 4.69) is 30.4 Å². The highest BCUT2D eigenvalue weighted by atomic mass is 16.1. The van der Waals surface area contributed by atoms with Crippen LogP contribution in [0, 0.1) is 6.92 Å². The van der Waals surface area contributed by atoms with Crippen molar-refractivity contribution in [2.75, 3.05) is 6.54 Å². The van der Waals surface area contributed by atoms with E-state index in [1.165, 1.54) is 0 Å². The average Bonchev–Trinajstić information content (AvgIpc) is 2.61. The minimum Gasteiger partial charge on any atom is -0.356 e. The van der Waals surface area contributed by atoms with Crippen LogP contribution in [-0.2, 0) is 11.2 Å². The van der Waals surface area contributed by atoms with Crippen LogP contribution in [0.25, 0.3) is 22.0 Å². The molecular formula is C21H22N2O. The van der Waals surface area contributed by atoms with E-state index in [0.29, 0.717) is 13.0 Å². The van der Waals surface area contributed by atoms with Gasteiger partial charge in [-0.25, -0.2) is 0 Å². The lowest BCUT2D eigenvalue weighted by Gasteiger charge is -2.16. The Labute approximate surface area is 142 Å². The number of hydrogen-bond donors (Lipinski definition) is 1. The Balaban J connectivity index is 2.16. The van der Waals surface area contributed by atoms with Crippen LogP contribution in [0.4, 0.5) is 0 Å². The quantitative estimate of drug-likeness (QED) is 0.763. The number of carbonyl (C=O) groups is 1. The smallest absolute Gasteiger partial charge is 0.224 e. The van der Waals surface area contributed by atoms with Gasteiger partial charge in [-0.1, -0.05) is 55.5 Å². The van der Waals surface area contributed by atoms with Gasteiger partial charge >= 0.3 is 0 Å². The lowest BCUT2D eigenvalue weighted by Crippen LogP contribution is -2.26. The second-order valence-corrected chi connectivity index (χ2v) is 5.96. The minimum atomic E-state index is 0.0502. The number of carbonyl (C=O) groups excluding carboxylic acids is 1. The van der Waals surface area contributed by atoms with Crippen molar-refractivity contribution >= 4 is 16.8 Å². The van der Waals surface area contributed by atoms with Crippen LogP contribution < -0.4 is 5.32 Å². The molecule has 122 valence electrons. The number of nitrogens with zero attached hydrogens (tertiary/aromatic N) is 1. The third kappa shape index (κ3) is 3.30. The monoisotopic (exact) mass is 318 g/mol. The van der Waals surface area contributed by atoms with E-state index in [1.807, 2.05) is 43.3 Å². The van der Waals surface area contributed by atoms with Crippen molar-refractivity contribution < 1.29 is 4.79 Å². The molecule has 3 rings (SSSR count). The van der Waals surface area contributed by atoms with E-state index in [-0.39, 0.29) is 5.91 Å². The summed E-state index contributed by atoms with van der Waals surface area (Å²) >= 11 is 0. The van der Waals surface area contributed by atoms with Gasteiger partial charge in [-0.2, -0.15) is 0 Å². The zero-order valence-corrected chi connectivity index (χ0v) is 14.2. The Hall–Kier alpha value is -2.68. The molecule has 0 unspecified atom stereocenters. The van der Waals surface area contributed by atoms with Crippen molar-refractivity contribution in [3.8, 4) is 11.1 Å². The molecule has 2 aromatic carbocycles. The van der Waals surface area contributed by atoms with E-state index >= 15 is 0 Å². The lowest BCUT2D eigenvalue weighted by atomic mass is 9.92. The average molecular weight is 318 g/mol. The number of benzene rings is 2. The Morgan fingerprint density at radius 2 is 1.75 bits per heavy atom. The SMILES string of the molecule is CCCNC(=O)Cc1c(C)nc2ccccc2c1-c1ccccc1. The van der Waals surface area contributed by atoms with Gasteiger partial charge in [-0.15, -0.1) is 0 Å². The molecule has 0 saturated carbocycles. The summed E-state index contributed by atoms with van der Waals surface area (Å²) in [5.74, 6) is 0.0502. The molecule has 0 bridgehead atoms. The molecule has 0 aliphatic rings. The van der Waals surface area contributed by atoms with Gasteiger partial charge in [-0.05, 0) is 36.1 Å². The second-order valence-electron chi connectivity index (χ2n) is 5.96. The molecule has 0 spiro atoms. The molecule has 0 aliphatic heterocycles. The van der Waals surface area contributed by atoms with E-state index in [1.54, 1.807) is 0 Å². The van der Waals surface area contributed by atoms with Crippen LogP contribution >= 0.6 is 0 Å². The van der Waals surface area contributed by atoms with Crippen molar-refractivity contribution in [1.82, 2.24) is 10.3 Å². The van der Waals surface area contributed by atoms with Crippen LogP contribution in [0.5, 0.6) is 0 Å². The van der Waals surface area contributed by atoms with Crippen LogP contribution in [-0.4, -0.2) is 17.4 Å². The third-order valence-corrected chi connectivity index (χ3v) is 4.17. The molecule has 3 nitrogen and oxygen atoms in total. The van der Waals surface area contributed by atoms with E-state index in [9.17, 15) is 4.79 Å². The number of pyridine rings is 1. The number of hydrogen-bond acceptors (Lipinski definition) is 2. The number of para-hydroxylation sites is 1. The first kappa shape index (κ1) is 16.2. The summed E-state index contributed by atoms with van der Waals surface area (Å²) in [6.45, 7) is 4.75. The van der Waals surface area contributed by atoms with E-state index in [4.69, 9.17) is 4.98 Å². The molecule has 24 heavy (non-hydrogen) atoms. The molecule has 3 aromatic rings. The van der Waals surface area contributed by atoms with Gasteiger partial charge in [0.2, 0.25) is 5.91 Å². The third-order valence-electron chi connectivity index (χ3n) is 4.17. The zero-order valence-electron chi connectivity index (χ0n) is 14.2. The summed E-state index contributed by atoms with van der Waals surface area (Å²) in [4.78, 5) is 17.0. The number of nitrogens with one attached hydrogen (secondary N) is 1. The van der Waals surface area contributed by atoms with Gasteiger partial charge in [0.25, 0.3) is 0 Å². The van der Waals surface area contributed by atoms with Crippen LogP contribution in [0.15, 0.2) is 54.6 Å². The molecule has 0 radical (unpaired) electrons. The van der Waals surface area contributed by atoms with Crippen molar-refractivity contribution in [3.63, 3.8) is 0 Å². The van der Waals surface area contributed by atoms with Crippen LogP contribution in [0.1, 0.15) is 24.6 Å². The summed E-state index contributed by atoms with van der Waals surface area (Å²) in [5.41, 5.74) is 5.13. The summed E-state index contributed by atoms with van der Waals surface area (Å²) in [6, 6.07) is 18.4. The van der Waals surface area contributed by atoms with Crippen molar-refractivity contribution in [2.45, 2.75) is 26.7 Å². The first-order chi connectivity index (χ1) is 11.7. The highest BCUT2D eigenvalue weighted by molar-refractivity contribution is 5.98. The van der Waals surface area contributed by atoms with Gasteiger partial charge in [0, 0.05) is 17.6 Å². The molecule has 0 saturated heterocycles. The summed E-state index contributed by atoms with van der Waals surface area (Å²) in [7, 11) is 0. The minimum absolute atomic E-state index is 0.0502.